The molecule has 3 aliphatic rings. The van der Waals surface area contributed by atoms with Gasteiger partial charge < -0.3 is 15.0 Å². The van der Waals surface area contributed by atoms with E-state index in [0.717, 1.165) is 64.1 Å². The summed E-state index contributed by atoms with van der Waals surface area (Å²) < 4.78 is 5.33. The molecule has 0 radical (unpaired) electrons. The van der Waals surface area contributed by atoms with Gasteiger partial charge in [-0.25, -0.2) is 0 Å². The van der Waals surface area contributed by atoms with Crippen molar-refractivity contribution in [3.05, 3.63) is 11.1 Å². The number of fused-ring (bicyclic) bond motifs is 1. The van der Waals surface area contributed by atoms with Crippen LogP contribution in [0.5, 0.6) is 0 Å². The third kappa shape index (κ3) is 3.98. The summed E-state index contributed by atoms with van der Waals surface area (Å²) in [6, 6.07) is 0.246. The summed E-state index contributed by atoms with van der Waals surface area (Å²) in [6.07, 6.45) is 5.51. The molecule has 0 aromatic carbocycles. The van der Waals surface area contributed by atoms with Gasteiger partial charge >= 0.3 is 0 Å². The molecule has 24 heavy (non-hydrogen) atoms. The van der Waals surface area contributed by atoms with Crippen molar-refractivity contribution in [2.45, 2.75) is 44.6 Å². The van der Waals surface area contributed by atoms with Gasteiger partial charge in [-0.1, -0.05) is 6.42 Å². The van der Waals surface area contributed by atoms with Gasteiger partial charge in [0.05, 0.1) is 25.7 Å². The molecule has 0 aromatic rings. The number of carbonyl (C=O) groups is 2. The van der Waals surface area contributed by atoms with Crippen LogP contribution in [0.3, 0.4) is 0 Å². The van der Waals surface area contributed by atoms with Crippen molar-refractivity contribution in [1.29, 1.82) is 0 Å². The number of carbonyl (C=O) groups excluding carboxylic acids is 2. The molecular weight excluding hydrogens is 306 g/mol. The van der Waals surface area contributed by atoms with Gasteiger partial charge in [0.1, 0.15) is 0 Å². The van der Waals surface area contributed by atoms with E-state index < -0.39 is 0 Å². The zero-order chi connectivity index (χ0) is 16.9. The fraction of sp³-hybridized carbons (Fsp3) is 0.778. The van der Waals surface area contributed by atoms with Crippen molar-refractivity contribution in [2.75, 3.05) is 46.4 Å². The minimum absolute atomic E-state index is 0.0209. The molecule has 0 spiro atoms. The number of hydrogen-bond donors (Lipinski definition) is 1. The van der Waals surface area contributed by atoms with Crippen molar-refractivity contribution in [1.82, 2.24) is 15.1 Å². The molecule has 2 heterocycles. The van der Waals surface area contributed by atoms with Gasteiger partial charge in [-0.05, 0) is 37.8 Å². The van der Waals surface area contributed by atoms with Crippen LogP contribution < -0.4 is 5.32 Å². The third-order valence-electron chi connectivity index (χ3n) is 5.42. The molecule has 0 aromatic heterocycles. The van der Waals surface area contributed by atoms with E-state index in [0.29, 0.717) is 6.54 Å². The first-order valence-electron chi connectivity index (χ1n) is 9.22. The lowest BCUT2D eigenvalue weighted by molar-refractivity contribution is -0.127. The number of hydrogen-bond acceptors (Lipinski definition) is 4. The molecule has 2 aliphatic heterocycles. The molecule has 2 amide bonds. The Labute approximate surface area is 144 Å². The highest BCUT2D eigenvalue weighted by Crippen LogP contribution is 2.36. The molecule has 6 nitrogen and oxygen atoms in total. The van der Waals surface area contributed by atoms with Crippen molar-refractivity contribution < 1.29 is 14.3 Å². The summed E-state index contributed by atoms with van der Waals surface area (Å²) in [4.78, 5) is 28.8. The van der Waals surface area contributed by atoms with E-state index in [-0.39, 0.29) is 24.3 Å². The van der Waals surface area contributed by atoms with Crippen molar-refractivity contribution in [3.63, 3.8) is 0 Å². The Hall–Kier alpha value is -1.40. The van der Waals surface area contributed by atoms with E-state index >= 15 is 0 Å². The van der Waals surface area contributed by atoms with Gasteiger partial charge in [-0.15, -0.1) is 0 Å². The molecule has 2 fully saturated rings. The average molecular weight is 335 g/mol. The van der Waals surface area contributed by atoms with Crippen LogP contribution in [0.4, 0.5) is 0 Å². The van der Waals surface area contributed by atoms with Gasteiger partial charge in [-0.2, -0.15) is 0 Å². The van der Waals surface area contributed by atoms with Gasteiger partial charge in [-0.3, -0.25) is 14.5 Å². The highest BCUT2D eigenvalue weighted by Gasteiger charge is 2.38. The normalized spacial score (nSPS) is 25.1. The topological polar surface area (TPSA) is 61.9 Å². The van der Waals surface area contributed by atoms with E-state index in [1.165, 1.54) is 12.0 Å². The van der Waals surface area contributed by atoms with E-state index in [1.54, 1.807) is 0 Å². The summed E-state index contributed by atoms with van der Waals surface area (Å²) in [7, 11) is 1.87. The molecule has 1 N–H and O–H groups in total. The van der Waals surface area contributed by atoms with Gasteiger partial charge in [0.25, 0.3) is 5.91 Å². The van der Waals surface area contributed by atoms with Gasteiger partial charge in [0.15, 0.2) is 0 Å². The van der Waals surface area contributed by atoms with Crippen LogP contribution >= 0.6 is 0 Å². The highest BCUT2D eigenvalue weighted by atomic mass is 16.5. The smallest absolute Gasteiger partial charge is 0.250 e. The van der Waals surface area contributed by atoms with Crippen LogP contribution in [0.25, 0.3) is 0 Å². The lowest BCUT2D eigenvalue weighted by Crippen LogP contribution is -2.38. The number of morpholine rings is 1. The van der Waals surface area contributed by atoms with Crippen LogP contribution in [-0.2, 0) is 14.3 Å². The summed E-state index contributed by atoms with van der Waals surface area (Å²) in [6.45, 7) is 5.23. The van der Waals surface area contributed by atoms with Crippen LogP contribution in [0, 0.1) is 0 Å². The standard InChI is InChI=1S/C18H29N3O3/c1-20-16-6-3-2-5-14(16)15(18(20)23)13-17(22)19-7-4-8-21-9-11-24-12-10-21/h16H,2-13H2,1H3,(H,19,22). The number of likely N-dealkylation sites (N-methyl/N-ethyl adjacent to an activating group) is 1. The van der Waals surface area contributed by atoms with E-state index in [1.807, 2.05) is 11.9 Å². The molecular formula is C18H29N3O3. The summed E-state index contributed by atoms with van der Waals surface area (Å²) >= 11 is 0. The molecule has 1 unspecified atom stereocenters. The fourth-order valence-corrected chi connectivity index (χ4v) is 4.03. The lowest BCUT2D eigenvalue weighted by Gasteiger charge is -2.26. The van der Waals surface area contributed by atoms with Crippen LogP contribution in [0.15, 0.2) is 11.1 Å². The van der Waals surface area contributed by atoms with Gasteiger partial charge in [0, 0.05) is 32.3 Å². The Morgan fingerprint density at radius 3 is 2.88 bits per heavy atom. The molecule has 6 heteroatoms. The quantitative estimate of drug-likeness (QED) is 0.734. The monoisotopic (exact) mass is 335 g/mol. The number of ether oxygens (including phenoxy) is 1. The Morgan fingerprint density at radius 2 is 2.08 bits per heavy atom. The van der Waals surface area contributed by atoms with Crippen LogP contribution in [0.2, 0.25) is 0 Å². The lowest BCUT2D eigenvalue weighted by atomic mass is 9.88. The summed E-state index contributed by atoms with van der Waals surface area (Å²) in [5.74, 6) is 0.0350. The second kappa shape index (κ2) is 8.12. The first-order valence-corrected chi connectivity index (χ1v) is 9.22. The van der Waals surface area contributed by atoms with E-state index in [2.05, 4.69) is 10.2 Å². The first kappa shape index (κ1) is 17.4. The second-order valence-electron chi connectivity index (χ2n) is 7.02. The Bertz CT molecular complexity index is 512. The zero-order valence-corrected chi connectivity index (χ0v) is 14.7. The number of amides is 2. The van der Waals surface area contributed by atoms with E-state index in [9.17, 15) is 9.59 Å². The van der Waals surface area contributed by atoms with E-state index in [4.69, 9.17) is 4.74 Å². The highest BCUT2D eigenvalue weighted by molar-refractivity contribution is 6.02. The maximum atomic E-state index is 12.4. The predicted octanol–water partition coefficient (Wildman–Crippen LogP) is 0.926. The minimum atomic E-state index is -0.0209. The van der Waals surface area contributed by atoms with Crippen LogP contribution in [0.1, 0.15) is 38.5 Å². The molecule has 3 rings (SSSR count). The number of rotatable bonds is 6. The van der Waals surface area contributed by atoms with Crippen molar-refractivity contribution in [3.8, 4) is 0 Å². The van der Waals surface area contributed by atoms with Gasteiger partial charge in [0.2, 0.25) is 5.91 Å². The SMILES string of the molecule is CN1C(=O)C(CC(=O)NCCCN2CCOCC2)=C2CCCCC21. The maximum absolute atomic E-state index is 12.4. The third-order valence-corrected chi connectivity index (χ3v) is 5.42. The summed E-state index contributed by atoms with van der Waals surface area (Å²) in [5, 5.41) is 2.98. The Morgan fingerprint density at radius 1 is 1.29 bits per heavy atom. The number of nitrogens with one attached hydrogen (secondary N) is 1. The second-order valence-corrected chi connectivity index (χ2v) is 7.02. The minimum Gasteiger partial charge on any atom is -0.379 e. The predicted molar refractivity (Wildman–Crippen MR) is 91.6 cm³/mol. The molecule has 0 bridgehead atoms. The average Bonchev–Trinajstić information content (AvgIpc) is 2.85. The maximum Gasteiger partial charge on any atom is 0.250 e. The largest absolute Gasteiger partial charge is 0.379 e. The Kier molecular flexibility index (Phi) is 5.89. The summed E-state index contributed by atoms with van der Waals surface area (Å²) in [5.41, 5.74) is 1.98. The van der Waals surface area contributed by atoms with Crippen LogP contribution in [-0.4, -0.2) is 74.1 Å². The Balaban J connectivity index is 1.43. The molecule has 134 valence electrons. The first-order chi connectivity index (χ1) is 11.7. The zero-order valence-electron chi connectivity index (χ0n) is 14.7. The van der Waals surface area contributed by atoms with Crippen molar-refractivity contribution in [2.24, 2.45) is 0 Å². The number of nitrogens with zero attached hydrogens (tertiary/aromatic N) is 2. The fourth-order valence-electron chi connectivity index (χ4n) is 4.03. The molecule has 1 aliphatic carbocycles. The molecule has 1 saturated carbocycles. The molecule has 1 atom stereocenters. The molecule has 1 saturated heterocycles. The van der Waals surface area contributed by atoms with Crippen molar-refractivity contribution >= 4 is 11.8 Å².